The number of likely N-dealkylation sites (N-methyl/N-ethyl adjacent to an activating group) is 1. The number of aliphatic hydroxyl groups is 2. The lowest BCUT2D eigenvalue weighted by Crippen LogP contribution is -2.58. The van der Waals surface area contributed by atoms with Crippen molar-refractivity contribution in [2.24, 2.45) is 34.5 Å². The van der Waals surface area contributed by atoms with Gasteiger partial charge in [0.2, 0.25) is 0 Å². The first kappa shape index (κ1) is 23.0. The van der Waals surface area contributed by atoms with Crippen molar-refractivity contribution >= 4 is 0 Å². The van der Waals surface area contributed by atoms with Crippen LogP contribution < -0.4 is 0 Å². The van der Waals surface area contributed by atoms with E-state index in [2.05, 4.69) is 32.8 Å². The normalized spacial score (nSPS) is 48.3. The minimum Gasteiger partial charge on any atom is -0.393 e. The number of hydrogen-bond donors (Lipinski definition) is 2. The molecule has 4 fully saturated rings. The monoisotopic (exact) mass is 423 g/mol. The van der Waals surface area contributed by atoms with Crippen LogP contribution in [0.5, 0.6) is 0 Å². The fourth-order valence-electron chi connectivity index (χ4n) is 8.11. The van der Waals surface area contributed by atoms with Crippen LogP contribution in [-0.2, 0) is 9.47 Å². The Labute approximate surface area is 183 Å². The molecule has 0 aromatic carbocycles. The molecule has 4 aliphatic carbocycles. The van der Waals surface area contributed by atoms with Crippen LogP contribution in [0.15, 0.2) is 0 Å². The molecule has 0 aromatic heterocycles. The van der Waals surface area contributed by atoms with E-state index in [-0.39, 0.29) is 29.1 Å². The van der Waals surface area contributed by atoms with Crippen LogP contribution in [0.1, 0.15) is 65.2 Å². The molecule has 0 saturated heterocycles. The summed E-state index contributed by atoms with van der Waals surface area (Å²) < 4.78 is 12.0. The molecule has 4 aliphatic rings. The van der Waals surface area contributed by atoms with Crippen molar-refractivity contribution in [2.75, 3.05) is 40.5 Å². The van der Waals surface area contributed by atoms with Gasteiger partial charge in [0.05, 0.1) is 38.1 Å². The summed E-state index contributed by atoms with van der Waals surface area (Å²) in [4.78, 5) is 2.13. The molecular weight excluding hydrogens is 378 g/mol. The van der Waals surface area contributed by atoms with Crippen molar-refractivity contribution in [1.82, 2.24) is 4.90 Å². The molecule has 5 nitrogen and oxygen atoms in total. The van der Waals surface area contributed by atoms with Gasteiger partial charge in [-0.25, -0.2) is 0 Å². The SMILES string of the molecule is CN(C)CCOCCOC1CC[C@@H]2[C@H](O)C[C@@H]3[C@H](CC[C@]4(C)[C@@H](O)CC[C@@H]34)[C@@]2(C)C1. The third-order valence-corrected chi connectivity index (χ3v) is 9.79. The molecule has 2 N–H and O–H groups in total. The molecule has 5 heteroatoms. The topological polar surface area (TPSA) is 62.2 Å². The van der Waals surface area contributed by atoms with E-state index in [9.17, 15) is 10.2 Å². The summed E-state index contributed by atoms with van der Waals surface area (Å²) in [7, 11) is 4.12. The lowest BCUT2D eigenvalue weighted by molar-refractivity contribution is -0.182. The largest absolute Gasteiger partial charge is 0.393 e. The average Bonchev–Trinajstić information content (AvgIpc) is 2.99. The van der Waals surface area contributed by atoms with Gasteiger partial charge in [0.15, 0.2) is 0 Å². The highest BCUT2D eigenvalue weighted by atomic mass is 16.5. The Morgan fingerprint density at radius 2 is 1.60 bits per heavy atom. The van der Waals surface area contributed by atoms with Gasteiger partial charge in [-0.2, -0.15) is 0 Å². The van der Waals surface area contributed by atoms with Crippen LogP contribution in [0.3, 0.4) is 0 Å². The molecule has 4 rings (SSSR count). The van der Waals surface area contributed by atoms with Gasteiger partial charge in [0.25, 0.3) is 0 Å². The van der Waals surface area contributed by atoms with Crippen LogP contribution in [0.4, 0.5) is 0 Å². The highest BCUT2D eigenvalue weighted by Gasteiger charge is 2.62. The number of rotatable bonds is 7. The quantitative estimate of drug-likeness (QED) is 0.615. The second-order valence-electron chi connectivity index (χ2n) is 11.6. The fourth-order valence-corrected chi connectivity index (χ4v) is 8.11. The summed E-state index contributed by atoms with van der Waals surface area (Å²) >= 11 is 0. The highest BCUT2D eigenvalue weighted by molar-refractivity contribution is 5.11. The Hall–Kier alpha value is -0.200. The molecule has 30 heavy (non-hydrogen) atoms. The summed E-state index contributed by atoms with van der Waals surface area (Å²) in [6.07, 6.45) is 8.53. The van der Waals surface area contributed by atoms with Crippen LogP contribution in [0.25, 0.3) is 0 Å². The maximum Gasteiger partial charge on any atom is 0.0704 e. The van der Waals surface area contributed by atoms with Crippen LogP contribution in [-0.4, -0.2) is 73.9 Å². The van der Waals surface area contributed by atoms with Gasteiger partial charge in [-0.15, -0.1) is 0 Å². The molecule has 0 heterocycles. The molecule has 0 spiro atoms. The molecular formula is C25H45NO4. The average molecular weight is 424 g/mol. The predicted octanol–water partition coefficient (Wildman–Crippen LogP) is 3.32. The zero-order valence-electron chi connectivity index (χ0n) is 19.7. The van der Waals surface area contributed by atoms with Gasteiger partial charge in [-0.3, -0.25) is 0 Å². The fraction of sp³-hybridized carbons (Fsp3) is 1.00. The van der Waals surface area contributed by atoms with Crippen LogP contribution in [0.2, 0.25) is 0 Å². The van der Waals surface area contributed by atoms with Gasteiger partial charge in [0.1, 0.15) is 0 Å². The predicted molar refractivity (Wildman–Crippen MR) is 118 cm³/mol. The lowest BCUT2D eigenvalue weighted by atomic mass is 9.44. The van der Waals surface area contributed by atoms with E-state index < -0.39 is 0 Å². The summed E-state index contributed by atoms with van der Waals surface area (Å²) in [6.45, 7) is 7.80. The number of hydrogen-bond acceptors (Lipinski definition) is 5. The maximum absolute atomic E-state index is 11.2. The second-order valence-corrected chi connectivity index (χ2v) is 11.6. The van der Waals surface area contributed by atoms with Gasteiger partial charge in [0, 0.05) is 6.54 Å². The van der Waals surface area contributed by atoms with Crippen molar-refractivity contribution in [3.05, 3.63) is 0 Å². The molecule has 0 aliphatic heterocycles. The molecule has 0 amide bonds. The first-order valence-electron chi connectivity index (χ1n) is 12.5. The smallest absolute Gasteiger partial charge is 0.0704 e. The zero-order valence-corrected chi connectivity index (χ0v) is 19.7. The molecule has 1 unspecified atom stereocenters. The third kappa shape index (κ3) is 4.10. The highest BCUT2D eigenvalue weighted by Crippen LogP contribution is 2.66. The Bertz CT molecular complexity index is 585. The van der Waals surface area contributed by atoms with Crippen LogP contribution >= 0.6 is 0 Å². The summed E-state index contributed by atoms with van der Waals surface area (Å²) in [6, 6.07) is 0. The minimum atomic E-state index is -0.188. The van der Waals surface area contributed by atoms with Crippen molar-refractivity contribution in [3.63, 3.8) is 0 Å². The Morgan fingerprint density at radius 3 is 2.37 bits per heavy atom. The molecule has 174 valence electrons. The molecule has 0 aromatic rings. The minimum absolute atomic E-state index is 0.0680. The molecule has 9 atom stereocenters. The zero-order chi connectivity index (χ0) is 21.5. The third-order valence-electron chi connectivity index (χ3n) is 9.79. The molecule has 0 radical (unpaired) electrons. The van der Waals surface area contributed by atoms with E-state index in [4.69, 9.17) is 9.47 Å². The standard InChI is InChI=1S/C25H45NO4/c1-24-10-9-20-18(19(24)7-8-23(24)28)15-22(27)21-6-5-17(16-25(20,21)2)30-14-13-29-12-11-26(3)4/h17-23,27-28H,5-16H2,1-4H3/t17?,18-,19-,20-,21+,22+,23-,24-,25+/m0/s1. The van der Waals surface area contributed by atoms with E-state index >= 15 is 0 Å². The van der Waals surface area contributed by atoms with Gasteiger partial charge in [-0.1, -0.05) is 13.8 Å². The van der Waals surface area contributed by atoms with Gasteiger partial charge < -0.3 is 24.6 Å². The van der Waals surface area contributed by atoms with Crippen molar-refractivity contribution < 1.29 is 19.7 Å². The Morgan fingerprint density at radius 1 is 0.867 bits per heavy atom. The van der Waals surface area contributed by atoms with E-state index in [1.807, 2.05) is 0 Å². The lowest BCUT2D eigenvalue weighted by Gasteiger charge is -2.62. The summed E-state index contributed by atoms with van der Waals surface area (Å²) in [5, 5.41) is 21.8. The Kier molecular flexibility index (Phi) is 6.87. The van der Waals surface area contributed by atoms with E-state index in [1.54, 1.807) is 0 Å². The molecule has 0 bridgehead atoms. The van der Waals surface area contributed by atoms with Crippen molar-refractivity contribution in [3.8, 4) is 0 Å². The maximum atomic E-state index is 11.2. The van der Waals surface area contributed by atoms with Gasteiger partial charge in [-0.05, 0) is 100.0 Å². The Balaban J connectivity index is 1.38. The summed E-state index contributed by atoms with van der Waals surface area (Å²) in [5.41, 5.74) is 0.227. The first-order valence-corrected chi connectivity index (χ1v) is 12.5. The molecule has 4 saturated carbocycles. The van der Waals surface area contributed by atoms with Crippen molar-refractivity contribution in [2.45, 2.75) is 83.5 Å². The van der Waals surface area contributed by atoms with E-state index in [1.165, 1.54) is 6.42 Å². The summed E-state index contributed by atoms with van der Waals surface area (Å²) in [5.74, 6) is 2.21. The number of ether oxygens (including phenoxy) is 2. The van der Waals surface area contributed by atoms with E-state index in [0.29, 0.717) is 36.9 Å². The van der Waals surface area contributed by atoms with Gasteiger partial charge >= 0.3 is 0 Å². The van der Waals surface area contributed by atoms with E-state index in [0.717, 1.165) is 58.1 Å². The first-order chi connectivity index (χ1) is 14.3. The number of fused-ring (bicyclic) bond motifs is 5. The van der Waals surface area contributed by atoms with Crippen molar-refractivity contribution in [1.29, 1.82) is 0 Å². The van der Waals surface area contributed by atoms with Crippen LogP contribution in [0, 0.1) is 34.5 Å². The number of nitrogens with zero attached hydrogens (tertiary/aromatic N) is 1. The second kappa shape index (κ2) is 8.97. The number of aliphatic hydroxyl groups excluding tert-OH is 2.